The quantitative estimate of drug-likeness (QED) is 0.844. The average Bonchev–Trinajstić information content (AvgIpc) is 2.88. The largest absolute Gasteiger partial charge is 0.355 e. The van der Waals surface area contributed by atoms with Gasteiger partial charge >= 0.3 is 0 Å². The van der Waals surface area contributed by atoms with Crippen molar-refractivity contribution in [2.45, 2.75) is 6.42 Å². The number of aromatic nitrogens is 2. The Hall–Kier alpha value is -2.94. The lowest BCUT2D eigenvalue weighted by atomic mass is 10.2. The molecule has 0 aliphatic carbocycles. The third-order valence-corrected chi connectivity index (χ3v) is 3.91. The predicted octanol–water partition coefficient (Wildman–Crippen LogP) is 1.70. The van der Waals surface area contributed by atoms with E-state index in [1.807, 2.05) is 11.0 Å². The van der Waals surface area contributed by atoms with Crippen LogP contribution < -0.4 is 4.90 Å². The van der Waals surface area contributed by atoms with Gasteiger partial charge in [-0.25, -0.2) is 4.98 Å². The van der Waals surface area contributed by atoms with Gasteiger partial charge in [0.15, 0.2) is 0 Å². The summed E-state index contributed by atoms with van der Waals surface area (Å²) < 4.78 is 0. The standard InChI is InChI=1S/C17H17N5O/c18-12-14-2-3-16(20-13-14)21-8-1-9-22(11-10-21)17(23)15-4-6-19-7-5-15/h2-7,13H,1,8-11H2. The van der Waals surface area contributed by atoms with Crippen LogP contribution in [0.3, 0.4) is 0 Å². The third-order valence-electron chi connectivity index (χ3n) is 3.91. The van der Waals surface area contributed by atoms with Gasteiger partial charge in [0, 0.05) is 50.3 Å². The Bertz CT molecular complexity index is 708. The highest BCUT2D eigenvalue weighted by Crippen LogP contribution is 2.15. The fourth-order valence-corrected chi connectivity index (χ4v) is 2.67. The molecular formula is C17H17N5O. The highest BCUT2D eigenvalue weighted by Gasteiger charge is 2.20. The van der Waals surface area contributed by atoms with E-state index in [0.717, 1.165) is 31.9 Å². The molecule has 1 aliphatic heterocycles. The smallest absolute Gasteiger partial charge is 0.254 e. The molecule has 3 heterocycles. The average molecular weight is 307 g/mol. The van der Waals surface area contributed by atoms with Gasteiger partial charge in [-0.1, -0.05) is 0 Å². The van der Waals surface area contributed by atoms with E-state index in [1.165, 1.54) is 0 Å². The molecule has 1 fully saturated rings. The Balaban J connectivity index is 1.67. The fraction of sp³-hybridized carbons (Fsp3) is 0.294. The Kier molecular flexibility index (Phi) is 4.48. The van der Waals surface area contributed by atoms with Gasteiger partial charge in [0.1, 0.15) is 11.9 Å². The molecule has 1 saturated heterocycles. The molecule has 1 aliphatic rings. The maximum atomic E-state index is 12.5. The van der Waals surface area contributed by atoms with Gasteiger partial charge in [0.25, 0.3) is 5.91 Å². The summed E-state index contributed by atoms with van der Waals surface area (Å²) in [6.07, 6.45) is 5.74. The number of carbonyl (C=O) groups is 1. The van der Waals surface area contributed by atoms with E-state index in [2.05, 4.69) is 20.9 Å². The second-order valence-corrected chi connectivity index (χ2v) is 5.39. The summed E-state index contributed by atoms with van der Waals surface area (Å²) in [6, 6.07) is 9.19. The zero-order valence-corrected chi connectivity index (χ0v) is 12.7. The van der Waals surface area contributed by atoms with Gasteiger partial charge in [0.2, 0.25) is 0 Å². The number of nitrogens with zero attached hydrogens (tertiary/aromatic N) is 5. The lowest BCUT2D eigenvalue weighted by Crippen LogP contribution is -2.35. The minimum absolute atomic E-state index is 0.0436. The van der Waals surface area contributed by atoms with Gasteiger partial charge in [0.05, 0.1) is 5.56 Å². The molecule has 0 spiro atoms. The molecule has 6 heteroatoms. The van der Waals surface area contributed by atoms with Crippen LogP contribution in [-0.4, -0.2) is 47.0 Å². The third kappa shape index (κ3) is 3.46. The molecule has 116 valence electrons. The molecule has 23 heavy (non-hydrogen) atoms. The highest BCUT2D eigenvalue weighted by atomic mass is 16.2. The van der Waals surface area contributed by atoms with E-state index in [-0.39, 0.29) is 5.91 Å². The van der Waals surface area contributed by atoms with Gasteiger partial charge in [-0.3, -0.25) is 9.78 Å². The van der Waals surface area contributed by atoms with Gasteiger partial charge < -0.3 is 9.80 Å². The van der Waals surface area contributed by atoms with Gasteiger partial charge in [-0.05, 0) is 30.7 Å². The fourth-order valence-electron chi connectivity index (χ4n) is 2.67. The normalized spacial score (nSPS) is 14.9. The molecule has 0 bridgehead atoms. The highest BCUT2D eigenvalue weighted by molar-refractivity contribution is 5.94. The van der Waals surface area contributed by atoms with Crippen LogP contribution in [0.15, 0.2) is 42.9 Å². The zero-order chi connectivity index (χ0) is 16.1. The molecule has 0 unspecified atom stereocenters. The molecule has 1 amide bonds. The number of pyridine rings is 2. The molecule has 0 saturated carbocycles. The van der Waals surface area contributed by atoms with Crippen molar-refractivity contribution < 1.29 is 4.79 Å². The Labute approximate surface area is 135 Å². The van der Waals surface area contributed by atoms with Crippen molar-refractivity contribution in [1.29, 1.82) is 5.26 Å². The Morgan fingerprint density at radius 2 is 1.91 bits per heavy atom. The minimum Gasteiger partial charge on any atom is -0.355 e. The van der Waals surface area contributed by atoms with E-state index in [1.54, 1.807) is 36.8 Å². The van der Waals surface area contributed by atoms with Gasteiger partial charge in [-0.15, -0.1) is 0 Å². The summed E-state index contributed by atoms with van der Waals surface area (Å²) >= 11 is 0. The summed E-state index contributed by atoms with van der Waals surface area (Å²) in [4.78, 5) is 24.8. The number of anilines is 1. The zero-order valence-electron chi connectivity index (χ0n) is 12.7. The molecule has 3 rings (SSSR count). The number of nitriles is 1. The van der Waals surface area contributed by atoms with Crippen molar-refractivity contribution in [3.8, 4) is 6.07 Å². The number of carbonyl (C=O) groups excluding carboxylic acids is 1. The van der Waals surface area contributed by atoms with Crippen LogP contribution in [0.2, 0.25) is 0 Å². The van der Waals surface area contributed by atoms with Crippen molar-refractivity contribution >= 4 is 11.7 Å². The topological polar surface area (TPSA) is 73.1 Å². The van der Waals surface area contributed by atoms with Crippen LogP contribution in [0.1, 0.15) is 22.3 Å². The molecule has 0 atom stereocenters. The Morgan fingerprint density at radius 1 is 1.09 bits per heavy atom. The molecule has 6 nitrogen and oxygen atoms in total. The van der Waals surface area contributed by atoms with E-state index >= 15 is 0 Å². The van der Waals surface area contributed by atoms with E-state index < -0.39 is 0 Å². The summed E-state index contributed by atoms with van der Waals surface area (Å²) in [5, 5.41) is 8.84. The number of hydrogen-bond donors (Lipinski definition) is 0. The first kappa shape index (κ1) is 15.0. The first-order valence-corrected chi connectivity index (χ1v) is 7.58. The van der Waals surface area contributed by atoms with E-state index in [4.69, 9.17) is 5.26 Å². The van der Waals surface area contributed by atoms with Crippen LogP contribution in [-0.2, 0) is 0 Å². The number of hydrogen-bond acceptors (Lipinski definition) is 5. The van der Waals surface area contributed by atoms with E-state index in [9.17, 15) is 4.79 Å². The molecule has 0 aromatic carbocycles. The van der Waals surface area contributed by atoms with E-state index in [0.29, 0.717) is 17.7 Å². The first-order chi connectivity index (χ1) is 11.3. The van der Waals surface area contributed by atoms with Crippen molar-refractivity contribution in [1.82, 2.24) is 14.9 Å². The van der Waals surface area contributed by atoms with Crippen LogP contribution in [0.4, 0.5) is 5.82 Å². The number of rotatable bonds is 2. The lowest BCUT2D eigenvalue weighted by molar-refractivity contribution is 0.0767. The lowest BCUT2D eigenvalue weighted by Gasteiger charge is -2.22. The predicted molar refractivity (Wildman–Crippen MR) is 85.9 cm³/mol. The summed E-state index contributed by atoms with van der Waals surface area (Å²) in [7, 11) is 0. The first-order valence-electron chi connectivity index (χ1n) is 7.58. The summed E-state index contributed by atoms with van der Waals surface area (Å²) in [5.74, 6) is 0.893. The molecule has 0 radical (unpaired) electrons. The monoisotopic (exact) mass is 307 g/mol. The van der Waals surface area contributed by atoms with Crippen LogP contribution >= 0.6 is 0 Å². The second-order valence-electron chi connectivity index (χ2n) is 5.39. The van der Waals surface area contributed by atoms with Crippen molar-refractivity contribution in [3.63, 3.8) is 0 Å². The van der Waals surface area contributed by atoms with Crippen LogP contribution in [0.5, 0.6) is 0 Å². The van der Waals surface area contributed by atoms with Crippen LogP contribution in [0, 0.1) is 11.3 Å². The van der Waals surface area contributed by atoms with Crippen molar-refractivity contribution in [2.24, 2.45) is 0 Å². The maximum absolute atomic E-state index is 12.5. The number of amides is 1. The second kappa shape index (κ2) is 6.88. The SMILES string of the molecule is N#Cc1ccc(N2CCCN(C(=O)c3ccncc3)CC2)nc1. The van der Waals surface area contributed by atoms with Crippen LogP contribution in [0.25, 0.3) is 0 Å². The molecule has 2 aromatic rings. The molecule has 0 N–H and O–H groups in total. The van der Waals surface area contributed by atoms with Crippen molar-refractivity contribution in [2.75, 3.05) is 31.1 Å². The van der Waals surface area contributed by atoms with Gasteiger partial charge in [-0.2, -0.15) is 5.26 Å². The van der Waals surface area contributed by atoms with Crippen molar-refractivity contribution in [3.05, 3.63) is 54.0 Å². The maximum Gasteiger partial charge on any atom is 0.254 e. The summed E-state index contributed by atoms with van der Waals surface area (Å²) in [6.45, 7) is 2.96. The Morgan fingerprint density at radius 3 is 2.61 bits per heavy atom. The summed E-state index contributed by atoms with van der Waals surface area (Å²) in [5.41, 5.74) is 1.23. The molecular weight excluding hydrogens is 290 g/mol. The minimum atomic E-state index is 0.0436. The molecule has 2 aromatic heterocycles.